The quantitative estimate of drug-likeness (QED) is 0.817. The van der Waals surface area contributed by atoms with E-state index in [0.29, 0.717) is 0 Å². The normalized spacial score (nSPS) is 18.1. The minimum absolute atomic E-state index is 0.106. The lowest BCUT2D eigenvalue weighted by molar-refractivity contribution is -0.0695. The van der Waals surface area contributed by atoms with Crippen molar-refractivity contribution in [2.45, 2.75) is 44.8 Å². The molecule has 17 heavy (non-hydrogen) atoms. The van der Waals surface area contributed by atoms with Crippen LogP contribution in [0.4, 0.5) is 0 Å². The van der Waals surface area contributed by atoms with Crippen molar-refractivity contribution in [1.82, 2.24) is 15.1 Å². The van der Waals surface area contributed by atoms with Crippen LogP contribution in [0.3, 0.4) is 0 Å². The Hall–Kier alpha value is -0.870. The number of nitrogens with zero attached hydrogens (tertiary/aromatic N) is 2. The minimum Gasteiger partial charge on any atom is -0.377 e. The van der Waals surface area contributed by atoms with Gasteiger partial charge in [0, 0.05) is 39.0 Å². The van der Waals surface area contributed by atoms with E-state index in [9.17, 15) is 0 Å². The van der Waals surface area contributed by atoms with Crippen molar-refractivity contribution in [2.75, 3.05) is 13.7 Å². The van der Waals surface area contributed by atoms with E-state index in [1.54, 1.807) is 0 Å². The lowest BCUT2D eigenvalue weighted by Crippen LogP contribution is -2.47. The van der Waals surface area contributed by atoms with Crippen LogP contribution in [0.1, 0.15) is 37.4 Å². The van der Waals surface area contributed by atoms with Crippen LogP contribution < -0.4 is 5.32 Å². The van der Waals surface area contributed by atoms with Crippen molar-refractivity contribution in [3.63, 3.8) is 0 Å². The Morgan fingerprint density at radius 2 is 2.29 bits per heavy atom. The Morgan fingerprint density at radius 3 is 2.82 bits per heavy atom. The second-order valence-electron chi connectivity index (χ2n) is 4.97. The molecule has 96 valence electrons. The van der Waals surface area contributed by atoms with Crippen molar-refractivity contribution in [3.05, 3.63) is 17.5 Å². The van der Waals surface area contributed by atoms with Gasteiger partial charge in [-0.3, -0.25) is 4.68 Å². The Morgan fingerprint density at radius 1 is 1.53 bits per heavy atom. The van der Waals surface area contributed by atoms with E-state index in [-0.39, 0.29) is 5.60 Å². The fourth-order valence-corrected chi connectivity index (χ4v) is 2.48. The molecule has 4 heteroatoms. The topological polar surface area (TPSA) is 39.1 Å². The predicted molar refractivity (Wildman–Crippen MR) is 67.9 cm³/mol. The zero-order valence-corrected chi connectivity index (χ0v) is 11.1. The Labute approximate surface area is 103 Å². The van der Waals surface area contributed by atoms with Crippen LogP contribution in [0.5, 0.6) is 0 Å². The van der Waals surface area contributed by atoms with Gasteiger partial charge in [0.25, 0.3) is 0 Å². The van der Waals surface area contributed by atoms with Gasteiger partial charge in [0.1, 0.15) is 0 Å². The van der Waals surface area contributed by atoms with Gasteiger partial charge in [-0.2, -0.15) is 5.10 Å². The summed E-state index contributed by atoms with van der Waals surface area (Å²) in [5.74, 6) is 0. The third-order valence-electron chi connectivity index (χ3n) is 3.79. The third-order valence-corrected chi connectivity index (χ3v) is 3.79. The zero-order chi connectivity index (χ0) is 12.3. The summed E-state index contributed by atoms with van der Waals surface area (Å²) in [5.41, 5.74) is 2.61. The molecule has 4 nitrogen and oxygen atoms in total. The summed E-state index contributed by atoms with van der Waals surface area (Å²) in [5, 5.41) is 7.95. The monoisotopic (exact) mass is 237 g/mol. The van der Waals surface area contributed by atoms with Gasteiger partial charge >= 0.3 is 0 Å². The van der Waals surface area contributed by atoms with E-state index >= 15 is 0 Å². The number of methoxy groups -OCH3 is 1. The predicted octanol–water partition coefficient (Wildman–Crippen LogP) is 1.64. The van der Waals surface area contributed by atoms with Crippen LogP contribution in [0.15, 0.2) is 6.20 Å². The van der Waals surface area contributed by atoms with E-state index in [4.69, 9.17) is 4.74 Å². The first kappa shape index (κ1) is 12.6. The lowest BCUT2D eigenvalue weighted by atomic mass is 9.80. The molecule has 0 radical (unpaired) electrons. The molecule has 1 saturated carbocycles. The highest BCUT2D eigenvalue weighted by Gasteiger charge is 2.36. The van der Waals surface area contributed by atoms with E-state index in [0.717, 1.165) is 19.5 Å². The van der Waals surface area contributed by atoms with E-state index in [1.165, 1.54) is 30.5 Å². The number of hydrogen-bond donors (Lipinski definition) is 1. The molecule has 1 fully saturated rings. The summed E-state index contributed by atoms with van der Waals surface area (Å²) < 4.78 is 7.48. The van der Waals surface area contributed by atoms with Gasteiger partial charge in [-0.25, -0.2) is 0 Å². The number of ether oxygens (including phenoxy) is 1. The molecule has 1 heterocycles. The largest absolute Gasteiger partial charge is 0.377 e. The van der Waals surface area contributed by atoms with Crippen molar-refractivity contribution in [3.8, 4) is 0 Å². The molecular weight excluding hydrogens is 214 g/mol. The summed E-state index contributed by atoms with van der Waals surface area (Å²) in [7, 11) is 3.80. The first-order valence-corrected chi connectivity index (χ1v) is 6.46. The summed E-state index contributed by atoms with van der Waals surface area (Å²) in [6.45, 7) is 3.98. The molecule has 1 aliphatic rings. The molecule has 0 spiro atoms. The van der Waals surface area contributed by atoms with Gasteiger partial charge in [0.2, 0.25) is 0 Å². The van der Waals surface area contributed by atoms with Crippen molar-refractivity contribution in [2.24, 2.45) is 7.05 Å². The second kappa shape index (κ2) is 5.19. The first-order valence-electron chi connectivity index (χ1n) is 6.46. The Balaban J connectivity index is 1.85. The highest BCUT2D eigenvalue weighted by Crippen LogP contribution is 2.34. The fraction of sp³-hybridized carbons (Fsp3) is 0.769. The second-order valence-corrected chi connectivity index (χ2v) is 4.97. The zero-order valence-electron chi connectivity index (χ0n) is 11.1. The maximum absolute atomic E-state index is 5.59. The van der Waals surface area contributed by atoms with Crippen LogP contribution in [0.2, 0.25) is 0 Å². The lowest BCUT2D eigenvalue weighted by Gasteiger charge is -2.40. The number of rotatable bonds is 6. The van der Waals surface area contributed by atoms with Gasteiger partial charge in [0.15, 0.2) is 0 Å². The van der Waals surface area contributed by atoms with Crippen LogP contribution in [-0.4, -0.2) is 29.0 Å². The third kappa shape index (κ3) is 2.69. The summed E-state index contributed by atoms with van der Waals surface area (Å²) in [6, 6.07) is 0. The number of hydrogen-bond acceptors (Lipinski definition) is 3. The molecule has 0 aromatic carbocycles. The molecule has 0 saturated heterocycles. The molecule has 0 unspecified atom stereocenters. The van der Waals surface area contributed by atoms with Gasteiger partial charge in [-0.05, 0) is 25.7 Å². The summed E-state index contributed by atoms with van der Waals surface area (Å²) in [6.07, 6.45) is 6.76. The smallest absolute Gasteiger partial charge is 0.0802 e. The number of aromatic nitrogens is 2. The summed E-state index contributed by atoms with van der Waals surface area (Å²) >= 11 is 0. The molecule has 2 rings (SSSR count). The molecule has 1 aromatic rings. The van der Waals surface area contributed by atoms with Crippen LogP contribution in [-0.2, 0) is 24.8 Å². The highest BCUT2D eigenvalue weighted by molar-refractivity contribution is 5.16. The molecule has 1 N–H and O–H groups in total. The number of nitrogens with one attached hydrogen (secondary N) is 1. The number of aryl methyl sites for hydroxylation is 2. The maximum Gasteiger partial charge on any atom is 0.0802 e. The van der Waals surface area contributed by atoms with Crippen molar-refractivity contribution < 1.29 is 4.74 Å². The van der Waals surface area contributed by atoms with Gasteiger partial charge in [-0.1, -0.05) is 6.92 Å². The average Bonchev–Trinajstić information content (AvgIpc) is 2.63. The molecule has 0 bridgehead atoms. The van der Waals surface area contributed by atoms with Crippen LogP contribution in [0.25, 0.3) is 0 Å². The standard InChI is InChI=1S/C13H23N3O/c1-4-12-11(9-16(2)15-12)8-14-10-13(17-3)6-5-7-13/h9,14H,4-8,10H2,1-3H3. The molecule has 0 atom stereocenters. The van der Waals surface area contributed by atoms with E-state index in [2.05, 4.69) is 23.5 Å². The van der Waals surface area contributed by atoms with Crippen LogP contribution in [0, 0.1) is 0 Å². The van der Waals surface area contributed by atoms with Gasteiger partial charge < -0.3 is 10.1 Å². The Bertz CT molecular complexity index is 363. The maximum atomic E-state index is 5.59. The first-order chi connectivity index (χ1) is 8.19. The van der Waals surface area contributed by atoms with Crippen LogP contribution >= 0.6 is 0 Å². The molecular formula is C13H23N3O. The van der Waals surface area contributed by atoms with E-state index in [1.807, 2.05) is 18.8 Å². The molecule has 0 amide bonds. The van der Waals surface area contributed by atoms with Crippen molar-refractivity contribution >= 4 is 0 Å². The fourth-order valence-electron chi connectivity index (χ4n) is 2.48. The molecule has 1 aliphatic carbocycles. The van der Waals surface area contributed by atoms with Gasteiger partial charge in [0.05, 0.1) is 11.3 Å². The highest BCUT2D eigenvalue weighted by atomic mass is 16.5. The molecule has 1 aromatic heterocycles. The van der Waals surface area contributed by atoms with Gasteiger partial charge in [-0.15, -0.1) is 0 Å². The van der Waals surface area contributed by atoms with E-state index < -0.39 is 0 Å². The Kier molecular flexibility index (Phi) is 3.84. The molecule has 0 aliphatic heterocycles. The average molecular weight is 237 g/mol. The summed E-state index contributed by atoms with van der Waals surface area (Å²) in [4.78, 5) is 0. The SMILES string of the molecule is CCc1nn(C)cc1CNCC1(OC)CCC1. The van der Waals surface area contributed by atoms with Crippen molar-refractivity contribution in [1.29, 1.82) is 0 Å². The minimum atomic E-state index is 0.106.